The van der Waals surface area contributed by atoms with Gasteiger partial charge in [-0.15, -0.1) is 0 Å². The lowest BCUT2D eigenvalue weighted by Crippen LogP contribution is -2.14. The van der Waals surface area contributed by atoms with Gasteiger partial charge in [-0.2, -0.15) is 4.99 Å². The highest BCUT2D eigenvalue weighted by Gasteiger charge is 2.12. The molecule has 0 bridgehead atoms. The number of hydrogen-bond acceptors (Lipinski definition) is 2. The predicted octanol–water partition coefficient (Wildman–Crippen LogP) is 4.90. The zero-order valence-electron chi connectivity index (χ0n) is 12.9. The first-order valence-electron chi connectivity index (χ1n) is 6.97. The Labute approximate surface area is 147 Å². The third kappa shape index (κ3) is 3.07. The molecular formula is C17H14Cl2N2OS. The van der Waals surface area contributed by atoms with Crippen LogP contribution in [0.1, 0.15) is 21.5 Å². The first kappa shape index (κ1) is 16.2. The minimum absolute atomic E-state index is 0.254. The number of aromatic nitrogens is 1. The van der Waals surface area contributed by atoms with Gasteiger partial charge in [0.2, 0.25) is 0 Å². The lowest BCUT2D eigenvalue weighted by Gasteiger charge is -2.02. The van der Waals surface area contributed by atoms with Crippen molar-refractivity contribution >= 4 is 50.7 Å². The molecule has 0 aliphatic heterocycles. The molecule has 23 heavy (non-hydrogen) atoms. The maximum Gasteiger partial charge on any atom is 0.279 e. The Morgan fingerprint density at radius 1 is 1.17 bits per heavy atom. The second-order valence-corrected chi connectivity index (χ2v) is 7.27. The number of carbonyl (C=O) groups excluding carboxylic acids is 1. The van der Waals surface area contributed by atoms with E-state index in [0.29, 0.717) is 20.4 Å². The molecule has 0 spiro atoms. The van der Waals surface area contributed by atoms with E-state index < -0.39 is 0 Å². The Morgan fingerprint density at radius 2 is 1.91 bits per heavy atom. The first-order valence-corrected chi connectivity index (χ1v) is 8.55. The van der Waals surface area contributed by atoms with E-state index in [4.69, 9.17) is 23.2 Å². The van der Waals surface area contributed by atoms with E-state index in [-0.39, 0.29) is 5.91 Å². The lowest BCUT2D eigenvalue weighted by molar-refractivity contribution is 0.0997. The minimum Gasteiger partial charge on any atom is -0.318 e. The molecule has 0 N–H and O–H groups in total. The highest BCUT2D eigenvalue weighted by atomic mass is 35.5. The molecule has 1 heterocycles. The van der Waals surface area contributed by atoms with Gasteiger partial charge >= 0.3 is 0 Å². The molecule has 0 saturated heterocycles. The number of halogens is 2. The van der Waals surface area contributed by atoms with Crippen molar-refractivity contribution in [2.45, 2.75) is 13.8 Å². The van der Waals surface area contributed by atoms with Gasteiger partial charge in [0, 0.05) is 17.6 Å². The number of carbonyl (C=O) groups is 1. The Hall–Kier alpha value is -1.62. The van der Waals surface area contributed by atoms with E-state index >= 15 is 0 Å². The lowest BCUT2D eigenvalue weighted by atomic mass is 10.1. The first-order chi connectivity index (χ1) is 10.9. The number of aryl methyl sites for hydroxylation is 3. The number of fused-ring (bicyclic) bond motifs is 1. The molecule has 3 nitrogen and oxygen atoms in total. The average Bonchev–Trinajstić information content (AvgIpc) is 2.77. The van der Waals surface area contributed by atoms with Gasteiger partial charge in [0.05, 0.1) is 15.2 Å². The zero-order valence-corrected chi connectivity index (χ0v) is 15.2. The van der Waals surface area contributed by atoms with E-state index in [0.717, 1.165) is 21.3 Å². The maximum atomic E-state index is 12.5. The number of thiazole rings is 1. The van der Waals surface area contributed by atoms with Crippen molar-refractivity contribution in [1.82, 2.24) is 4.57 Å². The number of rotatable bonds is 1. The van der Waals surface area contributed by atoms with Gasteiger partial charge in [0.1, 0.15) is 0 Å². The smallest absolute Gasteiger partial charge is 0.279 e. The largest absolute Gasteiger partial charge is 0.318 e. The number of hydrogen-bond donors (Lipinski definition) is 0. The number of amides is 1. The Morgan fingerprint density at radius 3 is 2.65 bits per heavy atom. The van der Waals surface area contributed by atoms with Crippen LogP contribution >= 0.6 is 34.5 Å². The highest BCUT2D eigenvalue weighted by Crippen LogP contribution is 2.29. The van der Waals surface area contributed by atoms with Gasteiger partial charge in [-0.05, 0) is 37.6 Å². The number of nitrogens with zero attached hydrogens (tertiary/aromatic N) is 2. The SMILES string of the molecule is Cc1ccc(C)c(C(=O)N=c2sc3cc(Cl)cc(Cl)c3n2C)c1. The Bertz CT molecular complexity index is 1000. The normalized spacial score (nSPS) is 12.1. The standard InChI is InChI=1S/C17H14Cl2N2OS/c1-9-4-5-10(2)12(6-9)16(22)20-17-21(3)15-13(19)7-11(18)8-14(15)23-17/h4-8H,1-3H3. The van der Waals surface area contributed by atoms with Crippen molar-refractivity contribution in [3.63, 3.8) is 0 Å². The summed E-state index contributed by atoms with van der Waals surface area (Å²) in [4.78, 5) is 17.4. The second kappa shape index (κ2) is 6.11. The summed E-state index contributed by atoms with van der Waals surface area (Å²) in [7, 11) is 1.84. The van der Waals surface area contributed by atoms with Gasteiger partial charge in [0.15, 0.2) is 4.80 Å². The summed E-state index contributed by atoms with van der Waals surface area (Å²) in [5.41, 5.74) is 3.39. The van der Waals surface area contributed by atoms with Gasteiger partial charge in [0.25, 0.3) is 5.91 Å². The van der Waals surface area contributed by atoms with Crippen LogP contribution in [0.2, 0.25) is 10.0 Å². The van der Waals surface area contributed by atoms with Gasteiger partial charge in [-0.3, -0.25) is 4.79 Å². The number of benzene rings is 2. The third-order valence-electron chi connectivity index (χ3n) is 3.64. The molecule has 118 valence electrons. The van der Waals surface area contributed by atoms with E-state index in [1.165, 1.54) is 11.3 Å². The van der Waals surface area contributed by atoms with E-state index in [9.17, 15) is 4.79 Å². The van der Waals surface area contributed by atoms with Crippen LogP contribution in [0.4, 0.5) is 0 Å². The summed E-state index contributed by atoms with van der Waals surface area (Å²) >= 11 is 13.7. The maximum absolute atomic E-state index is 12.5. The molecule has 0 radical (unpaired) electrons. The van der Waals surface area contributed by atoms with Gasteiger partial charge in [-0.25, -0.2) is 0 Å². The monoisotopic (exact) mass is 364 g/mol. The molecule has 2 aromatic carbocycles. The molecule has 0 atom stereocenters. The summed E-state index contributed by atoms with van der Waals surface area (Å²) in [6, 6.07) is 9.29. The van der Waals surface area contributed by atoms with E-state index in [1.807, 2.05) is 49.7 Å². The highest BCUT2D eigenvalue weighted by molar-refractivity contribution is 7.16. The third-order valence-corrected chi connectivity index (χ3v) is 5.22. The Balaban J connectivity index is 2.18. The molecule has 1 aromatic heterocycles. The molecule has 1 amide bonds. The molecule has 3 rings (SSSR count). The van der Waals surface area contributed by atoms with Crippen molar-refractivity contribution in [2.75, 3.05) is 0 Å². The summed E-state index contributed by atoms with van der Waals surface area (Å²) in [6.45, 7) is 3.86. The quantitative estimate of drug-likeness (QED) is 0.604. The summed E-state index contributed by atoms with van der Waals surface area (Å²) in [6.07, 6.45) is 0. The van der Waals surface area contributed by atoms with Crippen LogP contribution in [0.5, 0.6) is 0 Å². The minimum atomic E-state index is -0.254. The summed E-state index contributed by atoms with van der Waals surface area (Å²) < 4.78 is 2.72. The fourth-order valence-electron chi connectivity index (χ4n) is 2.42. The van der Waals surface area contributed by atoms with E-state index in [2.05, 4.69) is 4.99 Å². The van der Waals surface area contributed by atoms with Gasteiger partial charge in [-0.1, -0.05) is 52.2 Å². The van der Waals surface area contributed by atoms with E-state index in [1.54, 1.807) is 6.07 Å². The Kier molecular flexibility index (Phi) is 4.32. The van der Waals surface area contributed by atoms with Crippen LogP contribution in [0.3, 0.4) is 0 Å². The molecule has 0 unspecified atom stereocenters. The second-order valence-electron chi connectivity index (χ2n) is 5.41. The predicted molar refractivity (Wildman–Crippen MR) is 96.6 cm³/mol. The average molecular weight is 365 g/mol. The molecule has 0 aliphatic rings. The van der Waals surface area contributed by atoms with Crippen molar-refractivity contribution in [2.24, 2.45) is 12.0 Å². The van der Waals surface area contributed by atoms with Crippen LogP contribution in [-0.2, 0) is 7.05 Å². The van der Waals surface area contributed by atoms with Crippen molar-refractivity contribution in [3.05, 3.63) is 61.9 Å². The molecular weight excluding hydrogens is 351 g/mol. The molecule has 0 saturated carbocycles. The van der Waals surface area contributed by atoms with Crippen LogP contribution in [0.25, 0.3) is 10.2 Å². The van der Waals surface area contributed by atoms with Crippen molar-refractivity contribution in [3.8, 4) is 0 Å². The molecule has 3 aromatic rings. The fraction of sp³-hybridized carbons (Fsp3) is 0.176. The van der Waals surface area contributed by atoms with Gasteiger partial charge < -0.3 is 4.57 Å². The molecule has 0 fully saturated rings. The fourth-order valence-corrected chi connectivity index (χ4v) is 4.24. The van der Waals surface area contributed by atoms with Crippen molar-refractivity contribution in [1.29, 1.82) is 0 Å². The van der Waals surface area contributed by atoms with Crippen LogP contribution in [0.15, 0.2) is 35.3 Å². The molecule has 0 aliphatic carbocycles. The van der Waals surface area contributed by atoms with Crippen LogP contribution < -0.4 is 4.80 Å². The molecule has 6 heteroatoms. The van der Waals surface area contributed by atoms with Crippen LogP contribution in [0, 0.1) is 13.8 Å². The zero-order chi connectivity index (χ0) is 16.7. The summed E-state index contributed by atoms with van der Waals surface area (Å²) in [5.74, 6) is -0.254. The van der Waals surface area contributed by atoms with Crippen molar-refractivity contribution < 1.29 is 4.79 Å². The topological polar surface area (TPSA) is 34.4 Å². The van der Waals surface area contributed by atoms with Crippen LogP contribution in [-0.4, -0.2) is 10.5 Å². The summed E-state index contributed by atoms with van der Waals surface area (Å²) in [5, 5.41) is 1.11.